The standard InChI is InChI=1S/C15H20N2O3/c1-10(11-5-3-2-4-6-11)17-14(18)12-7-8-16-13(9-12)15(19)20/h7-11H,2-6H2,1H3,(H,17,18)(H,19,20). The van der Waals surface area contributed by atoms with E-state index in [1.807, 2.05) is 6.92 Å². The molecule has 1 atom stereocenters. The van der Waals surface area contributed by atoms with Gasteiger partial charge in [0.25, 0.3) is 5.91 Å². The molecule has 1 fully saturated rings. The number of carboxylic acid groups (broad SMARTS) is 1. The smallest absolute Gasteiger partial charge is 0.354 e. The number of nitrogens with one attached hydrogen (secondary N) is 1. The van der Waals surface area contributed by atoms with Crippen molar-refractivity contribution in [2.45, 2.75) is 45.1 Å². The molecular weight excluding hydrogens is 256 g/mol. The van der Waals surface area contributed by atoms with Gasteiger partial charge in [0.15, 0.2) is 0 Å². The Kier molecular flexibility index (Phi) is 4.71. The number of hydrogen-bond donors (Lipinski definition) is 2. The van der Waals surface area contributed by atoms with Crippen LogP contribution < -0.4 is 5.32 Å². The lowest BCUT2D eigenvalue weighted by molar-refractivity contribution is 0.0690. The van der Waals surface area contributed by atoms with Crippen molar-refractivity contribution in [2.75, 3.05) is 0 Å². The first kappa shape index (κ1) is 14.5. The van der Waals surface area contributed by atoms with Gasteiger partial charge in [-0.05, 0) is 37.8 Å². The van der Waals surface area contributed by atoms with E-state index in [0.29, 0.717) is 11.5 Å². The summed E-state index contributed by atoms with van der Waals surface area (Å²) in [5.41, 5.74) is 0.239. The fourth-order valence-electron chi connectivity index (χ4n) is 2.73. The first-order valence-corrected chi connectivity index (χ1v) is 7.08. The molecule has 1 aliphatic carbocycles. The fraction of sp³-hybridized carbons (Fsp3) is 0.533. The molecule has 5 nitrogen and oxygen atoms in total. The Labute approximate surface area is 118 Å². The molecule has 1 amide bonds. The van der Waals surface area contributed by atoms with Crippen LogP contribution in [0.5, 0.6) is 0 Å². The number of amides is 1. The number of carbonyl (C=O) groups is 2. The van der Waals surface area contributed by atoms with Crippen LogP contribution in [0.3, 0.4) is 0 Å². The zero-order chi connectivity index (χ0) is 14.5. The lowest BCUT2D eigenvalue weighted by atomic mass is 9.84. The lowest BCUT2D eigenvalue weighted by Gasteiger charge is -2.28. The van der Waals surface area contributed by atoms with E-state index in [-0.39, 0.29) is 17.6 Å². The maximum Gasteiger partial charge on any atom is 0.354 e. The Balaban J connectivity index is 2.00. The van der Waals surface area contributed by atoms with E-state index in [0.717, 1.165) is 12.8 Å². The van der Waals surface area contributed by atoms with Crippen molar-refractivity contribution in [1.29, 1.82) is 0 Å². The average molecular weight is 276 g/mol. The first-order chi connectivity index (χ1) is 9.58. The van der Waals surface area contributed by atoms with Crippen molar-refractivity contribution in [1.82, 2.24) is 10.3 Å². The summed E-state index contributed by atoms with van der Waals surface area (Å²) >= 11 is 0. The molecule has 1 heterocycles. The molecule has 5 heteroatoms. The summed E-state index contributed by atoms with van der Waals surface area (Å²) in [6, 6.07) is 2.96. The number of aromatic carboxylic acids is 1. The molecule has 1 aromatic rings. The van der Waals surface area contributed by atoms with Crippen LogP contribution >= 0.6 is 0 Å². The van der Waals surface area contributed by atoms with E-state index in [2.05, 4.69) is 10.3 Å². The van der Waals surface area contributed by atoms with Crippen LogP contribution in [-0.4, -0.2) is 28.0 Å². The third-order valence-electron chi connectivity index (χ3n) is 3.96. The van der Waals surface area contributed by atoms with Gasteiger partial charge in [0, 0.05) is 17.8 Å². The van der Waals surface area contributed by atoms with Gasteiger partial charge in [0.1, 0.15) is 5.69 Å². The van der Waals surface area contributed by atoms with Gasteiger partial charge in [-0.2, -0.15) is 0 Å². The van der Waals surface area contributed by atoms with E-state index in [4.69, 9.17) is 5.11 Å². The quantitative estimate of drug-likeness (QED) is 0.885. The van der Waals surface area contributed by atoms with Crippen LogP contribution in [0.25, 0.3) is 0 Å². The normalized spacial score (nSPS) is 17.4. The molecule has 1 aromatic heterocycles. The SMILES string of the molecule is CC(NC(=O)c1ccnc(C(=O)O)c1)C1CCCCC1. The number of hydrogen-bond acceptors (Lipinski definition) is 3. The van der Waals surface area contributed by atoms with E-state index in [1.165, 1.54) is 37.6 Å². The van der Waals surface area contributed by atoms with E-state index in [9.17, 15) is 9.59 Å². The van der Waals surface area contributed by atoms with Gasteiger partial charge in [-0.15, -0.1) is 0 Å². The molecule has 1 saturated carbocycles. The number of aromatic nitrogens is 1. The van der Waals surface area contributed by atoms with Gasteiger partial charge in [0.05, 0.1) is 0 Å². The van der Waals surface area contributed by atoms with Crippen molar-refractivity contribution in [2.24, 2.45) is 5.92 Å². The second-order valence-electron chi connectivity index (χ2n) is 5.40. The van der Waals surface area contributed by atoms with Crippen molar-refractivity contribution >= 4 is 11.9 Å². The van der Waals surface area contributed by atoms with Gasteiger partial charge in [-0.25, -0.2) is 9.78 Å². The molecule has 2 rings (SSSR count). The summed E-state index contributed by atoms with van der Waals surface area (Å²) in [4.78, 5) is 26.7. The van der Waals surface area contributed by atoms with Gasteiger partial charge in [-0.3, -0.25) is 4.79 Å². The minimum atomic E-state index is -1.13. The van der Waals surface area contributed by atoms with Gasteiger partial charge in [-0.1, -0.05) is 19.3 Å². The summed E-state index contributed by atoms with van der Waals surface area (Å²) in [5.74, 6) is -0.832. The van der Waals surface area contributed by atoms with E-state index >= 15 is 0 Å². The topological polar surface area (TPSA) is 79.3 Å². The fourth-order valence-corrected chi connectivity index (χ4v) is 2.73. The molecular formula is C15H20N2O3. The Morgan fingerprint density at radius 1 is 1.35 bits per heavy atom. The van der Waals surface area contributed by atoms with E-state index in [1.54, 1.807) is 0 Å². The molecule has 1 aliphatic rings. The van der Waals surface area contributed by atoms with Crippen molar-refractivity contribution in [3.05, 3.63) is 29.6 Å². The highest BCUT2D eigenvalue weighted by molar-refractivity contribution is 5.96. The third-order valence-corrected chi connectivity index (χ3v) is 3.96. The Morgan fingerprint density at radius 3 is 2.70 bits per heavy atom. The Morgan fingerprint density at radius 2 is 2.05 bits per heavy atom. The van der Waals surface area contributed by atoms with Gasteiger partial charge in [0.2, 0.25) is 0 Å². The largest absolute Gasteiger partial charge is 0.477 e. The highest BCUT2D eigenvalue weighted by Crippen LogP contribution is 2.26. The second-order valence-corrected chi connectivity index (χ2v) is 5.40. The number of nitrogens with zero attached hydrogens (tertiary/aromatic N) is 1. The van der Waals surface area contributed by atoms with Crippen molar-refractivity contribution in [3.8, 4) is 0 Å². The lowest BCUT2D eigenvalue weighted by Crippen LogP contribution is -2.38. The van der Waals surface area contributed by atoms with Crippen LogP contribution in [0.1, 0.15) is 59.9 Å². The van der Waals surface area contributed by atoms with E-state index < -0.39 is 5.97 Å². The first-order valence-electron chi connectivity index (χ1n) is 7.08. The third kappa shape index (κ3) is 3.56. The summed E-state index contributed by atoms with van der Waals surface area (Å²) in [5, 5.41) is 11.9. The maximum absolute atomic E-state index is 12.1. The number of pyridine rings is 1. The molecule has 108 valence electrons. The highest BCUT2D eigenvalue weighted by Gasteiger charge is 2.22. The highest BCUT2D eigenvalue weighted by atomic mass is 16.4. The predicted molar refractivity (Wildman–Crippen MR) is 74.7 cm³/mol. The monoisotopic (exact) mass is 276 g/mol. The predicted octanol–water partition coefficient (Wildman–Crippen LogP) is 2.48. The average Bonchev–Trinajstić information content (AvgIpc) is 2.48. The van der Waals surface area contributed by atoms with Crippen LogP contribution in [0.2, 0.25) is 0 Å². The Bertz CT molecular complexity index is 496. The molecule has 0 aliphatic heterocycles. The molecule has 0 radical (unpaired) electrons. The minimum Gasteiger partial charge on any atom is -0.477 e. The summed E-state index contributed by atoms with van der Waals surface area (Å²) in [6.45, 7) is 2.02. The van der Waals surface area contributed by atoms with Crippen molar-refractivity contribution in [3.63, 3.8) is 0 Å². The zero-order valence-corrected chi connectivity index (χ0v) is 11.6. The molecule has 1 unspecified atom stereocenters. The molecule has 20 heavy (non-hydrogen) atoms. The summed E-state index contributed by atoms with van der Waals surface area (Å²) in [7, 11) is 0. The van der Waals surface area contributed by atoms with Crippen LogP contribution in [0.4, 0.5) is 0 Å². The number of carbonyl (C=O) groups excluding carboxylic acids is 1. The van der Waals surface area contributed by atoms with Crippen LogP contribution in [0.15, 0.2) is 18.3 Å². The Hall–Kier alpha value is -1.91. The summed E-state index contributed by atoms with van der Waals surface area (Å²) in [6.07, 6.45) is 7.38. The molecule has 0 bridgehead atoms. The van der Waals surface area contributed by atoms with Gasteiger partial charge >= 0.3 is 5.97 Å². The van der Waals surface area contributed by atoms with Gasteiger partial charge < -0.3 is 10.4 Å². The minimum absolute atomic E-state index is 0.108. The second kappa shape index (κ2) is 6.50. The number of carboxylic acids is 1. The molecule has 0 aromatic carbocycles. The maximum atomic E-state index is 12.1. The number of rotatable bonds is 4. The zero-order valence-electron chi connectivity index (χ0n) is 11.6. The van der Waals surface area contributed by atoms with Crippen LogP contribution in [-0.2, 0) is 0 Å². The summed E-state index contributed by atoms with van der Waals surface area (Å²) < 4.78 is 0. The molecule has 0 saturated heterocycles. The van der Waals surface area contributed by atoms with Crippen LogP contribution in [0, 0.1) is 5.92 Å². The van der Waals surface area contributed by atoms with Crippen molar-refractivity contribution < 1.29 is 14.7 Å². The molecule has 0 spiro atoms. The molecule has 2 N–H and O–H groups in total.